The SMILES string of the molecule is O=C(Nc1ccnn1C1CCN(CCCc2ccccc2)CC1)[C@@H]1CCOC1. The van der Waals surface area contributed by atoms with E-state index in [0.29, 0.717) is 19.3 Å². The minimum absolute atomic E-state index is 0.0326. The fraction of sp³-hybridized carbons (Fsp3) is 0.545. The zero-order chi connectivity index (χ0) is 19.2. The second kappa shape index (κ2) is 9.34. The Morgan fingerprint density at radius 1 is 1.14 bits per heavy atom. The van der Waals surface area contributed by atoms with Crippen molar-refractivity contribution >= 4 is 11.7 Å². The van der Waals surface area contributed by atoms with E-state index in [1.54, 1.807) is 6.20 Å². The van der Waals surface area contributed by atoms with Crippen molar-refractivity contribution in [1.29, 1.82) is 0 Å². The molecule has 0 saturated carbocycles. The summed E-state index contributed by atoms with van der Waals surface area (Å²) < 4.78 is 7.34. The summed E-state index contributed by atoms with van der Waals surface area (Å²) in [5.74, 6) is 0.840. The fourth-order valence-corrected chi connectivity index (χ4v) is 4.21. The Labute approximate surface area is 166 Å². The van der Waals surface area contributed by atoms with Gasteiger partial charge in [-0.15, -0.1) is 0 Å². The van der Waals surface area contributed by atoms with Crippen molar-refractivity contribution < 1.29 is 9.53 Å². The van der Waals surface area contributed by atoms with E-state index in [9.17, 15) is 4.79 Å². The van der Waals surface area contributed by atoms with Gasteiger partial charge in [0.1, 0.15) is 5.82 Å². The van der Waals surface area contributed by atoms with Crippen molar-refractivity contribution in [3.05, 3.63) is 48.2 Å². The molecule has 0 radical (unpaired) electrons. The zero-order valence-corrected chi connectivity index (χ0v) is 16.4. The molecule has 28 heavy (non-hydrogen) atoms. The van der Waals surface area contributed by atoms with Crippen molar-refractivity contribution in [1.82, 2.24) is 14.7 Å². The van der Waals surface area contributed by atoms with Gasteiger partial charge in [-0.3, -0.25) is 4.79 Å². The number of piperidine rings is 1. The summed E-state index contributed by atoms with van der Waals surface area (Å²) in [6.07, 6.45) is 7.07. The lowest BCUT2D eigenvalue weighted by Gasteiger charge is -2.32. The lowest BCUT2D eigenvalue weighted by atomic mass is 10.0. The summed E-state index contributed by atoms with van der Waals surface area (Å²) in [6, 6.07) is 13.0. The predicted molar refractivity (Wildman–Crippen MR) is 109 cm³/mol. The first-order chi connectivity index (χ1) is 13.8. The largest absolute Gasteiger partial charge is 0.381 e. The van der Waals surface area contributed by atoms with Crippen LogP contribution in [0.25, 0.3) is 0 Å². The third-order valence-electron chi connectivity index (χ3n) is 5.91. The summed E-state index contributed by atoms with van der Waals surface area (Å²) in [6.45, 7) is 4.53. The summed E-state index contributed by atoms with van der Waals surface area (Å²) in [5.41, 5.74) is 1.42. The van der Waals surface area contributed by atoms with E-state index in [2.05, 4.69) is 45.6 Å². The maximum Gasteiger partial charge on any atom is 0.231 e. The number of nitrogens with one attached hydrogen (secondary N) is 1. The Hall–Kier alpha value is -2.18. The average molecular weight is 383 g/mol. The number of carbonyl (C=O) groups is 1. The first-order valence-electron chi connectivity index (χ1n) is 10.5. The van der Waals surface area contributed by atoms with Crippen LogP contribution in [0.4, 0.5) is 5.82 Å². The fourth-order valence-electron chi connectivity index (χ4n) is 4.21. The highest BCUT2D eigenvalue weighted by atomic mass is 16.5. The van der Waals surface area contributed by atoms with Gasteiger partial charge in [0.15, 0.2) is 0 Å². The number of ether oxygens (including phenoxy) is 1. The van der Waals surface area contributed by atoms with Gasteiger partial charge < -0.3 is 15.0 Å². The molecule has 2 aliphatic rings. The van der Waals surface area contributed by atoms with E-state index in [4.69, 9.17) is 4.74 Å². The third-order valence-corrected chi connectivity index (χ3v) is 5.91. The van der Waals surface area contributed by atoms with E-state index >= 15 is 0 Å². The lowest BCUT2D eigenvalue weighted by molar-refractivity contribution is -0.119. The van der Waals surface area contributed by atoms with Gasteiger partial charge in [0, 0.05) is 25.8 Å². The number of likely N-dealkylation sites (tertiary alicyclic amines) is 1. The number of anilines is 1. The molecular formula is C22H30N4O2. The van der Waals surface area contributed by atoms with Crippen molar-refractivity contribution in [2.45, 2.75) is 38.1 Å². The molecular weight excluding hydrogens is 352 g/mol. The van der Waals surface area contributed by atoms with E-state index in [0.717, 1.165) is 51.1 Å². The number of benzene rings is 1. The number of amides is 1. The number of hydrogen-bond donors (Lipinski definition) is 1. The van der Waals surface area contributed by atoms with Crippen LogP contribution in [0.5, 0.6) is 0 Å². The smallest absolute Gasteiger partial charge is 0.231 e. The molecule has 4 rings (SSSR count). The van der Waals surface area contributed by atoms with Crippen LogP contribution in [-0.4, -0.2) is 53.4 Å². The van der Waals surface area contributed by atoms with Crippen molar-refractivity contribution in [2.75, 3.05) is 38.2 Å². The highest BCUT2D eigenvalue weighted by Gasteiger charge is 2.26. The summed E-state index contributed by atoms with van der Waals surface area (Å²) in [7, 11) is 0. The molecule has 2 aromatic rings. The maximum atomic E-state index is 12.4. The second-order valence-electron chi connectivity index (χ2n) is 7.87. The predicted octanol–water partition coefficient (Wildman–Crippen LogP) is 3.13. The molecule has 0 bridgehead atoms. The summed E-state index contributed by atoms with van der Waals surface area (Å²) >= 11 is 0. The number of aryl methyl sites for hydroxylation is 1. The Balaban J connectivity index is 1.24. The van der Waals surface area contributed by atoms with Crippen LogP contribution in [-0.2, 0) is 16.0 Å². The summed E-state index contributed by atoms with van der Waals surface area (Å²) in [5, 5.41) is 7.56. The first kappa shape index (κ1) is 19.2. The Morgan fingerprint density at radius 3 is 2.71 bits per heavy atom. The van der Waals surface area contributed by atoms with Crippen molar-refractivity contribution in [3.63, 3.8) is 0 Å². The molecule has 1 N–H and O–H groups in total. The minimum atomic E-state index is -0.0326. The first-order valence-corrected chi connectivity index (χ1v) is 10.5. The quantitative estimate of drug-likeness (QED) is 0.799. The molecule has 2 saturated heterocycles. The Bertz CT molecular complexity index is 747. The number of aromatic nitrogens is 2. The Kier molecular flexibility index (Phi) is 6.39. The normalized spacial score (nSPS) is 21.1. The van der Waals surface area contributed by atoms with Crippen LogP contribution >= 0.6 is 0 Å². The molecule has 1 aromatic carbocycles. The molecule has 6 nitrogen and oxygen atoms in total. The van der Waals surface area contributed by atoms with E-state index in [1.807, 2.05) is 10.7 Å². The average Bonchev–Trinajstić information content (AvgIpc) is 3.42. The molecule has 0 aliphatic carbocycles. The van der Waals surface area contributed by atoms with Gasteiger partial charge in [0.2, 0.25) is 5.91 Å². The molecule has 2 aliphatic heterocycles. The molecule has 3 heterocycles. The van der Waals surface area contributed by atoms with Gasteiger partial charge in [-0.2, -0.15) is 5.10 Å². The topological polar surface area (TPSA) is 59.4 Å². The minimum Gasteiger partial charge on any atom is -0.381 e. The van der Waals surface area contributed by atoms with Gasteiger partial charge in [-0.1, -0.05) is 30.3 Å². The van der Waals surface area contributed by atoms with Crippen molar-refractivity contribution in [3.8, 4) is 0 Å². The van der Waals surface area contributed by atoms with Gasteiger partial charge in [0.05, 0.1) is 24.8 Å². The Morgan fingerprint density at radius 2 is 1.96 bits per heavy atom. The lowest BCUT2D eigenvalue weighted by Crippen LogP contribution is -2.36. The van der Waals surface area contributed by atoms with E-state index < -0.39 is 0 Å². The number of rotatable bonds is 7. The van der Waals surface area contributed by atoms with Crippen LogP contribution in [0, 0.1) is 5.92 Å². The number of hydrogen-bond acceptors (Lipinski definition) is 4. The zero-order valence-electron chi connectivity index (χ0n) is 16.4. The van der Waals surface area contributed by atoms with Gasteiger partial charge in [0.25, 0.3) is 0 Å². The molecule has 6 heteroatoms. The van der Waals surface area contributed by atoms with Crippen LogP contribution in [0.2, 0.25) is 0 Å². The highest BCUT2D eigenvalue weighted by Crippen LogP contribution is 2.26. The molecule has 1 aromatic heterocycles. The number of carbonyl (C=O) groups excluding carboxylic acids is 1. The van der Waals surface area contributed by atoms with Crippen LogP contribution in [0.3, 0.4) is 0 Å². The monoisotopic (exact) mass is 382 g/mol. The van der Waals surface area contributed by atoms with Crippen LogP contribution in [0.15, 0.2) is 42.6 Å². The molecule has 0 spiro atoms. The van der Waals surface area contributed by atoms with Crippen molar-refractivity contribution in [2.24, 2.45) is 5.92 Å². The van der Waals surface area contributed by atoms with E-state index in [-0.39, 0.29) is 11.8 Å². The molecule has 2 fully saturated rings. The second-order valence-corrected chi connectivity index (χ2v) is 7.87. The van der Waals surface area contributed by atoms with Gasteiger partial charge in [-0.25, -0.2) is 4.68 Å². The van der Waals surface area contributed by atoms with Gasteiger partial charge in [-0.05, 0) is 44.2 Å². The number of nitrogens with zero attached hydrogens (tertiary/aromatic N) is 3. The molecule has 1 amide bonds. The highest BCUT2D eigenvalue weighted by molar-refractivity contribution is 5.92. The van der Waals surface area contributed by atoms with E-state index in [1.165, 1.54) is 12.0 Å². The van der Waals surface area contributed by atoms with Gasteiger partial charge >= 0.3 is 0 Å². The van der Waals surface area contributed by atoms with Crippen LogP contribution < -0.4 is 5.32 Å². The molecule has 0 unspecified atom stereocenters. The molecule has 150 valence electrons. The third kappa shape index (κ3) is 4.80. The maximum absolute atomic E-state index is 12.4. The van der Waals surface area contributed by atoms with Crippen LogP contribution in [0.1, 0.15) is 37.3 Å². The molecule has 1 atom stereocenters. The summed E-state index contributed by atoms with van der Waals surface area (Å²) in [4.78, 5) is 14.9. The standard InChI is InChI=1S/C22H30N4O2/c27-22(19-11-16-28-17-19)24-21-8-12-23-26(21)20-9-14-25(15-10-20)13-4-7-18-5-2-1-3-6-18/h1-3,5-6,8,12,19-20H,4,7,9-11,13-17H2,(H,24,27)/t19-/m1/s1.